The molecule has 1 aromatic rings. The number of phenolic OH excluding ortho intramolecular Hbond substituents is 1. The molecule has 3 rings (SSSR count). The Kier molecular flexibility index (Phi) is 2.58. The molecule has 1 spiro atoms. The van der Waals surface area contributed by atoms with Gasteiger partial charge in [0.25, 0.3) is 0 Å². The third-order valence-electron chi connectivity index (χ3n) is 4.14. The second kappa shape index (κ2) is 4.12. The summed E-state index contributed by atoms with van der Waals surface area (Å²) in [5.74, 6) is 0.453. The lowest BCUT2D eigenvalue weighted by molar-refractivity contribution is -0.123. The van der Waals surface area contributed by atoms with Gasteiger partial charge in [0.2, 0.25) is 5.91 Å². The van der Waals surface area contributed by atoms with Crippen molar-refractivity contribution in [2.75, 3.05) is 0 Å². The minimum Gasteiger partial charge on any atom is -0.508 e. The van der Waals surface area contributed by atoms with Crippen LogP contribution in [0, 0.1) is 11.3 Å². The number of rotatable bonds is 3. The zero-order valence-electron chi connectivity index (χ0n) is 10.1. The molecule has 4 heteroatoms. The average molecular weight is 244 g/mol. The molecule has 0 radical (unpaired) electrons. The Labute approximate surface area is 106 Å². The SMILES string of the molecule is O=C(N/N=C/c1ccc(O)cc1)C1CC12CCC2. The highest BCUT2D eigenvalue weighted by Crippen LogP contribution is 2.65. The standard InChI is InChI=1S/C14H16N2O2/c17-11-4-2-10(3-5-11)9-15-16-13(18)12-8-14(12)6-1-7-14/h2-5,9,12,17H,1,6-8H2,(H,16,18)/b15-9+. The first-order chi connectivity index (χ1) is 8.70. The Bertz CT molecular complexity index is 489. The van der Waals surface area contributed by atoms with Gasteiger partial charge in [0, 0.05) is 5.92 Å². The predicted octanol–water partition coefficient (Wildman–Crippen LogP) is 2.03. The van der Waals surface area contributed by atoms with Gasteiger partial charge in [-0.2, -0.15) is 5.10 Å². The number of carbonyl (C=O) groups excluding carboxylic acids is 1. The van der Waals surface area contributed by atoms with E-state index in [0.29, 0.717) is 5.41 Å². The first kappa shape index (κ1) is 11.3. The van der Waals surface area contributed by atoms with Crippen molar-refractivity contribution in [1.82, 2.24) is 5.43 Å². The maximum absolute atomic E-state index is 11.8. The third-order valence-corrected chi connectivity index (χ3v) is 4.14. The van der Waals surface area contributed by atoms with Crippen molar-refractivity contribution >= 4 is 12.1 Å². The summed E-state index contributed by atoms with van der Waals surface area (Å²) in [7, 11) is 0. The average Bonchev–Trinajstić information content (AvgIpc) is 3.07. The highest BCUT2D eigenvalue weighted by Gasteiger charge is 2.60. The first-order valence-electron chi connectivity index (χ1n) is 6.32. The van der Waals surface area contributed by atoms with Crippen molar-refractivity contribution in [3.05, 3.63) is 29.8 Å². The molecule has 0 heterocycles. The van der Waals surface area contributed by atoms with E-state index in [1.54, 1.807) is 30.5 Å². The zero-order valence-corrected chi connectivity index (χ0v) is 10.1. The molecule has 18 heavy (non-hydrogen) atoms. The molecule has 1 atom stereocenters. The number of hydrogen-bond acceptors (Lipinski definition) is 3. The fourth-order valence-corrected chi connectivity index (χ4v) is 2.71. The number of nitrogens with one attached hydrogen (secondary N) is 1. The summed E-state index contributed by atoms with van der Waals surface area (Å²) in [5.41, 5.74) is 3.79. The summed E-state index contributed by atoms with van der Waals surface area (Å²) in [6.07, 6.45) is 6.29. The number of aromatic hydroxyl groups is 1. The lowest BCUT2D eigenvalue weighted by Crippen LogP contribution is -2.26. The van der Waals surface area contributed by atoms with Crippen molar-refractivity contribution in [2.45, 2.75) is 25.7 Å². The van der Waals surface area contributed by atoms with Crippen LogP contribution in [0.15, 0.2) is 29.4 Å². The Morgan fingerprint density at radius 1 is 1.39 bits per heavy atom. The van der Waals surface area contributed by atoms with Crippen LogP contribution < -0.4 is 5.43 Å². The summed E-state index contributed by atoms with van der Waals surface area (Å²) in [5, 5.41) is 13.1. The molecule has 4 nitrogen and oxygen atoms in total. The van der Waals surface area contributed by atoms with Crippen LogP contribution in [0.25, 0.3) is 0 Å². The molecule has 2 N–H and O–H groups in total. The molecule has 1 unspecified atom stereocenters. The second-order valence-electron chi connectivity index (χ2n) is 5.30. The Hall–Kier alpha value is -1.84. The highest BCUT2D eigenvalue weighted by atomic mass is 16.3. The molecule has 2 aliphatic rings. The number of phenols is 1. The van der Waals surface area contributed by atoms with Gasteiger partial charge >= 0.3 is 0 Å². The van der Waals surface area contributed by atoms with Gasteiger partial charge in [-0.15, -0.1) is 0 Å². The Morgan fingerprint density at radius 3 is 2.67 bits per heavy atom. The summed E-state index contributed by atoms with van der Waals surface area (Å²) < 4.78 is 0. The van der Waals surface area contributed by atoms with Crippen molar-refractivity contribution in [3.8, 4) is 5.75 Å². The number of benzene rings is 1. The zero-order chi connectivity index (χ0) is 12.6. The normalized spacial score (nSPS) is 23.9. The summed E-state index contributed by atoms with van der Waals surface area (Å²) in [4.78, 5) is 11.8. The van der Waals surface area contributed by atoms with E-state index in [9.17, 15) is 4.79 Å². The maximum atomic E-state index is 11.8. The number of nitrogens with zero attached hydrogens (tertiary/aromatic N) is 1. The van der Waals surface area contributed by atoms with E-state index >= 15 is 0 Å². The summed E-state index contributed by atoms with van der Waals surface area (Å²) in [6, 6.07) is 6.67. The van der Waals surface area contributed by atoms with E-state index in [1.165, 1.54) is 19.3 Å². The fourth-order valence-electron chi connectivity index (χ4n) is 2.71. The number of carbonyl (C=O) groups is 1. The number of hydrogen-bond donors (Lipinski definition) is 2. The van der Waals surface area contributed by atoms with Crippen LogP contribution in [0.1, 0.15) is 31.2 Å². The van der Waals surface area contributed by atoms with Crippen molar-refractivity contribution in [1.29, 1.82) is 0 Å². The van der Waals surface area contributed by atoms with Gasteiger partial charge in [0.1, 0.15) is 5.75 Å². The van der Waals surface area contributed by atoms with Crippen LogP contribution in [-0.4, -0.2) is 17.2 Å². The van der Waals surface area contributed by atoms with E-state index in [0.717, 1.165) is 12.0 Å². The molecule has 0 aliphatic heterocycles. The lowest BCUT2D eigenvalue weighted by Gasteiger charge is -2.25. The molecule has 1 amide bonds. The second-order valence-corrected chi connectivity index (χ2v) is 5.30. The molecular weight excluding hydrogens is 228 g/mol. The predicted molar refractivity (Wildman–Crippen MR) is 68.2 cm³/mol. The molecule has 0 bridgehead atoms. The van der Waals surface area contributed by atoms with Crippen LogP contribution in [0.2, 0.25) is 0 Å². The Morgan fingerprint density at radius 2 is 2.11 bits per heavy atom. The molecular formula is C14H16N2O2. The van der Waals surface area contributed by atoms with Gasteiger partial charge in [0.05, 0.1) is 6.21 Å². The monoisotopic (exact) mass is 244 g/mol. The first-order valence-corrected chi connectivity index (χ1v) is 6.32. The van der Waals surface area contributed by atoms with Crippen LogP contribution in [0.4, 0.5) is 0 Å². The van der Waals surface area contributed by atoms with Crippen LogP contribution >= 0.6 is 0 Å². The molecule has 1 aromatic carbocycles. The Balaban J connectivity index is 1.52. The minimum atomic E-state index is 0.0460. The number of hydrazone groups is 1. The maximum Gasteiger partial charge on any atom is 0.243 e. The van der Waals surface area contributed by atoms with E-state index < -0.39 is 0 Å². The topological polar surface area (TPSA) is 61.7 Å². The molecule has 2 aliphatic carbocycles. The van der Waals surface area contributed by atoms with Crippen molar-refractivity contribution < 1.29 is 9.90 Å². The largest absolute Gasteiger partial charge is 0.508 e. The van der Waals surface area contributed by atoms with Gasteiger partial charge < -0.3 is 5.11 Å². The van der Waals surface area contributed by atoms with Gasteiger partial charge in [-0.1, -0.05) is 6.42 Å². The molecule has 2 saturated carbocycles. The van der Waals surface area contributed by atoms with E-state index in [-0.39, 0.29) is 17.6 Å². The van der Waals surface area contributed by atoms with E-state index in [2.05, 4.69) is 10.5 Å². The van der Waals surface area contributed by atoms with E-state index in [4.69, 9.17) is 5.11 Å². The molecule has 94 valence electrons. The summed E-state index contributed by atoms with van der Waals surface area (Å²) >= 11 is 0. The summed E-state index contributed by atoms with van der Waals surface area (Å²) in [6.45, 7) is 0. The quantitative estimate of drug-likeness (QED) is 0.631. The third kappa shape index (κ3) is 1.98. The van der Waals surface area contributed by atoms with Gasteiger partial charge in [0.15, 0.2) is 0 Å². The highest BCUT2D eigenvalue weighted by molar-refractivity contribution is 5.85. The number of amides is 1. The van der Waals surface area contributed by atoms with Gasteiger partial charge in [-0.3, -0.25) is 4.79 Å². The minimum absolute atomic E-state index is 0.0460. The molecule has 2 fully saturated rings. The molecule has 0 saturated heterocycles. The van der Waals surface area contributed by atoms with Crippen molar-refractivity contribution in [3.63, 3.8) is 0 Å². The van der Waals surface area contributed by atoms with Crippen molar-refractivity contribution in [2.24, 2.45) is 16.4 Å². The van der Waals surface area contributed by atoms with Gasteiger partial charge in [-0.05, 0) is 54.5 Å². The fraction of sp³-hybridized carbons (Fsp3) is 0.429. The molecule has 0 aromatic heterocycles. The van der Waals surface area contributed by atoms with E-state index in [1.807, 2.05) is 0 Å². The van der Waals surface area contributed by atoms with Crippen LogP contribution in [0.5, 0.6) is 5.75 Å². The van der Waals surface area contributed by atoms with Crippen LogP contribution in [0.3, 0.4) is 0 Å². The van der Waals surface area contributed by atoms with Crippen LogP contribution in [-0.2, 0) is 4.79 Å². The lowest BCUT2D eigenvalue weighted by atomic mass is 9.80. The smallest absolute Gasteiger partial charge is 0.243 e. The van der Waals surface area contributed by atoms with Gasteiger partial charge in [-0.25, -0.2) is 5.43 Å².